The van der Waals surface area contributed by atoms with Crippen molar-refractivity contribution < 1.29 is 12.8 Å². The molecule has 8 heteroatoms. The maximum Gasteiger partial charge on any atom is 0.262 e. The largest absolute Gasteiger partial charge is 0.398 e. The van der Waals surface area contributed by atoms with E-state index in [-0.39, 0.29) is 21.3 Å². The minimum absolute atomic E-state index is 0.0882. The van der Waals surface area contributed by atoms with Crippen LogP contribution >= 0.6 is 27.5 Å². The van der Waals surface area contributed by atoms with Crippen LogP contribution in [-0.2, 0) is 10.0 Å². The van der Waals surface area contributed by atoms with Gasteiger partial charge in [-0.2, -0.15) is 0 Å². The van der Waals surface area contributed by atoms with E-state index in [1.165, 1.54) is 24.3 Å². The summed E-state index contributed by atoms with van der Waals surface area (Å²) in [5, 5.41) is 0.244. The van der Waals surface area contributed by atoms with Gasteiger partial charge in [0.15, 0.2) is 0 Å². The lowest BCUT2D eigenvalue weighted by molar-refractivity contribution is 0.601. The zero-order chi connectivity index (χ0) is 15.8. The SMILES string of the molecule is Cc1c(N)cc(S(=O)(=O)Nc2cc(F)ccc2Br)cc1Cl. The van der Waals surface area contributed by atoms with Gasteiger partial charge in [0.1, 0.15) is 5.82 Å². The highest BCUT2D eigenvalue weighted by Gasteiger charge is 2.18. The standard InChI is InChI=1S/C13H11BrClFN2O2S/c1-7-11(15)5-9(6-12(7)17)21(19,20)18-13-4-8(16)2-3-10(13)14/h2-6,18H,17H2,1H3. The molecule has 0 amide bonds. The first-order valence-corrected chi connectivity index (χ1v) is 8.39. The number of nitrogens with one attached hydrogen (secondary N) is 1. The van der Waals surface area contributed by atoms with Gasteiger partial charge in [-0.3, -0.25) is 4.72 Å². The summed E-state index contributed by atoms with van der Waals surface area (Å²) in [6.07, 6.45) is 0. The lowest BCUT2D eigenvalue weighted by atomic mass is 10.2. The molecule has 0 radical (unpaired) electrons. The predicted molar refractivity (Wildman–Crippen MR) is 85.5 cm³/mol. The molecule has 3 N–H and O–H groups in total. The lowest BCUT2D eigenvalue weighted by Gasteiger charge is -2.12. The molecule has 0 saturated carbocycles. The van der Waals surface area contributed by atoms with Gasteiger partial charge < -0.3 is 5.73 Å². The van der Waals surface area contributed by atoms with Crippen molar-refractivity contribution in [2.45, 2.75) is 11.8 Å². The van der Waals surface area contributed by atoms with E-state index in [2.05, 4.69) is 20.7 Å². The molecule has 112 valence electrons. The van der Waals surface area contributed by atoms with Crippen LogP contribution in [-0.4, -0.2) is 8.42 Å². The molecule has 2 rings (SSSR count). The lowest BCUT2D eigenvalue weighted by Crippen LogP contribution is -2.14. The van der Waals surface area contributed by atoms with Crippen LogP contribution in [0.2, 0.25) is 5.02 Å². The fraction of sp³-hybridized carbons (Fsp3) is 0.0769. The number of benzene rings is 2. The van der Waals surface area contributed by atoms with Gasteiger partial charge in [-0.15, -0.1) is 0 Å². The van der Waals surface area contributed by atoms with Crippen LogP contribution in [0.5, 0.6) is 0 Å². The Morgan fingerprint density at radius 2 is 1.95 bits per heavy atom. The molecular weight excluding hydrogens is 383 g/mol. The van der Waals surface area contributed by atoms with Crippen molar-refractivity contribution in [1.82, 2.24) is 0 Å². The molecule has 0 aliphatic carbocycles. The van der Waals surface area contributed by atoms with Gasteiger partial charge in [0, 0.05) is 15.2 Å². The summed E-state index contributed by atoms with van der Waals surface area (Å²) in [5.74, 6) is -0.558. The molecule has 0 aliphatic heterocycles. The Bertz CT molecular complexity index is 789. The minimum atomic E-state index is -3.93. The van der Waals surface area contributed by atoms with E-state index in [4.69, 9.17) is 17.3 Å². The van der Waals surface area contributed by atoms with E-state index >= 15 is 0 Å². The molecule has 0 aromatic heterocycles. The third-order valence-electron chi connectivity index (χ3n) is 2.84. The maximum atomic E-state index is 13.2. The van der Waals surface area contributed by atoms with E-state index in [0.717, 1.165) is 6.07 Å². The van der Waals surface area contributed by atoms with Crippen LogP contribution in [0.4, 0.5) is 15.8 Å². The smallest absolute Gasteiger partial charge is 0.262 e. The highest BCUT2D eigenvalue weighted by atomic mass is 79.9. The Hall–Kier alpha value is -1.31. The van der Waals surface area contributed by atoms with Crippen LogP contribution in [0.25, 0.3) is 0 Å². The molecule has 0 unspecified atom stereocenters. The van der Waals surface area contributed by atoms with Gasteiger partial charge in [0.2, 0.25) is 0 Å². The van der Waals surface area contributed by atoms with E-state index < -0.39 is 15.8 Å². The second-order valence-electron chi connectivity index (χ2n) is 4.35. The van der Waals surface area contributed by atoms with E-state index in [0.29, 0.717) is 10.0 Å². The minimum Gasteiger partial charge on any atom is -0.398 e. The number of hydrogen-bond acceptors (Lipinski definition) is 3. The quantitative estimate of drug-likeness (QED) is 0.776. The van der Waals surface area contributed by atoms with Crippen LogP contribution in [0.3, 0.4) is 0 Å². The van der Waals surface area contributed by atoms with Gasteiger partial charge in [0.25, 0.3) is 10.0 Å². The summed E-state index contributed by atoms with van der Waals surface area (Å²) in [6, 6.07) is 6.28. The Balaban J connectivity index is 2.46. The van der Waals surface area contributed by atoms with E-state index in [9.17, 15) is 12.8 Å². The van der Waals surface area contributed by atoms with Crippen LogP contribution < -0.4 is 10.5 Å². The molecule has 0 fully saturated rings. The van der Waals surface area contributed by atoms with Crippen molar-refractivity contribution in [2.75, 3.05) is 10.5 Å². The fourth-order valence-corrected chi connectivity index (χ4v) is 3.51. The summed E-state index contributed by atoms with van der Waals surface area (Å²) in [6.45, 7) is 1.69. The number of anilines is 2. The number of halogens is 3. The summed E-state index contributed by atoms with van der Waals surface area (Å²) in [4.78, 5) is -0.0910. The molecule has 0 spiro atoms. The first-order chi connectivity index (χ1) is 9.70. The Labute approximate surface area is 135 Å². The zero-order valence-electron chi connectivity index (χ0n) is 10.8. The van der Waals surface area contributed by atoms with Crippen LogP contribution in [0.15, 0.2) is 39.7 Å². The van der Waals surface area contributed by atoms with Crippen molar-refractivity contribution in [3.63, 3.8) is 0 Å². The zero-order valence-corrected chi connectivity index (χ0v) is 14.0. The Morgan fingerprint density at radius 1 is 1.29 bits per heavy atom. The van der Waals surface area contributed by atoms with Crippen LogP contribution in [0, 0.1) is 12.7 Å². The summed E-state index contributed by atoms with van der Waals surface area (Å²) in [5.41, 5.74) is 6.67. The maximum absolute atomic E-state index is 13.2. The van der Waals surface area contributed by atoms with Crippen molar-refractivity contribution >= 4 is 48.9 Å². The Morgan fingerprint density at radius 3 is 2.57 bits per heavy atom. The average Bonchev–Trinajstić information content (AvgIpc) is 2.39. The highest BCUT2D eigenvalue weighted by Crippen LogP contribution is 2.29. The van der Waals surface area contributed by atoms with E-state index in [1.807, 2.05) is 0 Å². The Kier molecular flexibility index (Phi) is 4.46. The monoisotopic (exact) mass is 392 g/mol. The molecule has 2 aromatic carbocycles. The summed E-state index contributed by atoms with van der Waals surface area (Å²) >= 11 is 9.09. The number of nitrogens with two attached hydrogens (primary N) is 1. The third kappa shape index (κ3) is 3.48. The molecule has 0 heterocycles. The molecule has 0 atom stereocenters. The molecule has 21 heavy (non-hydrogen) atoms. The van der Waals surface area contributed by atoms with Crippen molar-refractivity contribution in [3.8, 4) is 0 Å². The molecule has 0 aliphatic rings. The second-order valence-corrected chi connectivity index (χ2v) is 7.29. The van der Waals surface area contributed by atoms with Crippen LogP contribution in [0.1, 0.15) is 5.56 Å². The van der Waals surface area contributed by atoms with E-state index in [1.54, 1.807) is 6.92 Å². The predicted octanol–water partition coefficient (Wildman–Crippen LogP) is 3.93. The molecule has 2 aromatic rings. The normalized spacial score (nSPS) is 11.4. The van der Waals surface area contributed by atoms with Crippen molar-refractivity contribution in [2.24, 2.45) is 0 Å². The van der Waals surface area contributed by atoms with Gasteiger partial charge in [-0.25, -0.2) is 12.8 Å². The number of hydrogen-bond donors (Lipinski definition) is 2. The first kappa shape index (κ1) is 16.1. The van der Waals surface area contributed by atoms with Gasteiger partial charge in [0.05, 0.1) is 10.6 Å². The van der Waals surface area contributed by atoms with Gasteiger partial charge in [-0.05, 0) is 58.7 Å². The second kappa shape index (κ2) is 5.82. The van der Waals surface area contributed by atoms with Crippen molar-refractivity contribution in [1.29, 1.82) is 0 Å². The summed E-state index contributed by atoms with van der Waals surface area (Å²) in [7, 11) is -3.93. The molecule has 0 bridgehead atoms. The number of rotatable bonds is 3. The molecule has 4 nitrogen and oxygen atoms in total. The number of nitrogen functional groups attached to an aromatic ring is 1. The van der Waals surface area contributed by atoms with Crippen molar-refractivity contribution in [3.05, 3.63) is 51.2 Å². The third-order valence-corrected chi connectivity index (χ3v) is 5.27. The van der Waals surface area contributed by atoms with Gasteiger partial charge in [-0.1, -0.05) is 11.6 Å². The van der Waals surface area contributed by atoms with Gasteiger partial charge >= 0.3 is 0 Å². The average molecular weight is 394 g/mol. The topological polar surface area (TPSA) is 72.2 Å². The highest BCUT2D eigenvalue weighted by molar-refractivity contribution is 9.10. The number of sulfonamides is 1. The summed E-state index contributed by atoms with van der Waals surface area (Å²) < 4.78 is 40.5. The fourth-order valence-electron chi connectivity index (χ4n) is 1.61. The first-order valence-electron chi connectivity index (χ1n) is 5.74. The molecular formula is C13H11BrClFN2O2S. The molecule has 0 saturated heterocycles.